The first-order valence-electron chi connectivity index (χ1n) is 10.4. The number of sulfonamides is 1. The molecule has 0 spiro atoms. The number of hydrogen-bond donors (Lipinski definition) is 1. The van der Waals surface area contributed by atoms with Gasteiger partial charge in [-0.05, 0) is 59.0 Å². The smallest absolute Gasteiger partial charge is 0.256 e. The molecule has 4 rings (SSSR count). The van der Waals surface area contributed by atoms with Gasteiger partial charge in [0.1, 0.15) is 0 Å². The summed E-state index contributed by atoms with van der Waals surface area (Å²) in [6.45, 7) is 2.22. The highest BCUT2D eigenvalue weighted by molar-refractivity contribution is 7.89. The van der Waals surface area contributed by atoms with E-state index in [4.69, 9.17) is 0 Å². The predicted molar refractivity (Wildman–Crippen MR) is 123 cm³/mol. The van der Waals surface area contributed by atoms with Crippen LogP contribution in [0, 0.1) is 0 Å². The lowest BCUT2D eigenvalue weighted by Crippen LogP contribution is -2.24. The maximum atomic E-state index is 13.5. The van der Waals surface area contributed by atoms with E-state index in [0.717, 1.165) is 11.6 Å². The predicted octanol–water partition coefficient (Wildman–Crippen LogP) is 6.28. The number of benzene rings is 3. The number of rotatable bonds is 6. The number of nitrogens with zero attached hydrogens (tertiary/aromatic N) is 1. The van der Waals surface area contributed by atoms with E-state index in [1.165, 1.54) is 18.3 Å². The molecule has 0 saturated carbocycles. The lowest BCUT2D eigenvalue weighted by atomic mass is 9.96. The van der Waals surface area contributed by atoms with Crippen molar-refractivity contribution in [1.29, 1.82) is 0 Å². The van der Waals surface area contributed by atoms with E-state index in [9.17, 15) is 21.6 Å². The van der Waals surface area contributed by atoms with Crippen LogP contribution >= 0.6 is 0 Å². The maximum absolute atomic E-state index is 13.5. The van der Waals surface area contributed by atoms with Crippen molar-refractivity contribution >= 4 is 20.9 Å². The Bertz CT molecular complexity index is 1420. The zero-order valence-corrected chi connectivity index (χ0v) is 18.5. The van der Waals surface area contributed by atoms with Crippen LogP contribution in [-0.2, 0) is 16.2 Å². The number of alkyl halides is 3. The summed E-state index contributed by atoms with van der Waals surface area (Å²) in [7, 11) is -3.63. The summed E-state index contributed by atoms with van der Waals surface area (Å²) in [5.41, 5.74) is 1.86. The Morgan fingerprint density at radius 3 is 2.27 bits per heavy atom. The molecule has 33 heavy (non-hydrogen) atoms. The van der Waals surface area contributed by atoms with E-state index < -0.39 is 21.8 Å². The van der Waals surface area contributed by atoms with Gasteiger partial charge in [-0.3, -0.25) is 4.98 Å². The molecule has 4 aromatic rings. The lowest BCUT2D eigenvalue weighted by molar-refractivity contribution is -0.136. The molecule has 0 saturated heterocycles. The van der Waals surface area contributed by atoms with Gasteiger partial charge in [0.15, 0.2) is 0 Å². The van der Waals surface area contributed by atoms with E-state index >= 15 is 0 Å². The van der Waals surface area contributed by atoms with Gasteiger partial charge in [0.05, 0.1) is 16.0 Å². The fraction of sp³-hybridized carbons (Fsp3) is 0.160. The van der Waals surface area contributed by atoms with Crippen LogP contribution in [-0.4, -0.2) is 19.9 Å². The van der Waals surface area contributed by atoms with Crippen molar-refractivity contribution in [2.24, 2.45) is 0 Å². The highest BCUT2D eigenvalue weighted by atomic mass is 32.2. The van der Waals surface area contributed by atoms with Crippen molar-refractivity contribution in [2.45, 2.75) is 24.4 Å². The number of halogens is 3. The Morgan fingerprint density at radius 1 is 0.879 bits per heavy atom. The van der Waals surface area contributed by atoms with Crippen LogP contribution in [0.15, 0.2) is 83.9 Å². The fourth-order valence-electron chi connectivity index (χ4n) is 3.69. The van der Waals surface area contributed by atoms with Gasteiger partial charge in [-0.15, -0.1) is 0 Å². The minimum atomic E-state index is -4.51. The van der Waals surface area contributed by atoms with Crippen molar-refractivity contribution in [3.05, 3.63) is 84.6 Å². The zero-order valence-electron chi connectivity index (χ0n) is 17.7. The summed E-state index contributed by atoms with van der Waals surface area (Å²) in [4.78, 5) is 4.14. The number of hydrogen-bond acceptors (Lipinski definition) is 3. The Kier molecular flexibility index (Phi) is 6.23. The Balaban J connectivity index is 1.79. The third-order valence-corrected chi connectivity index (χ3v) is 6.73. The molecule has 0 aliphatic heterocycles. The summed E-state index contributed by atoms with van der Waals surface area (Å²) >= 11 is 0. The van der Waals surface area contributed by atoms with Crippen LogP contribution in [0.3, 0.4) is 0 Å². The molecule has 1 N–H and O–H groups in total. The average Bonchev–Trinajstić information content (AvgIpc) is 2.81. The third kappa shape index (κ3) is 4.77. The highest BCUT2D eigenvalue weighted by Gasteiger charge is 2.33. The van der Waals surface area contributed by atoms with Gasteiger partial charge >= 0.3 is 6.18 Å². The lowest BCUT2D eigenvalue weighted by Gasteiger charge is -2.13. The number of pyridine rings is 1. The molecule has 0 atom stereocenters. The standard InChI is InChI=1S/C25H21F3N2O2S/c1-2-13-30-33(31,32)20-9-4-7-18(16-20)17-6-3-8-19(15-17)21-12-14-29-24-22(21)10-5-11-23(24)25(26,27)28/h3-12,14-16,30H,2,13H2,1H3. The summed E-state index contributed by atoms with van der Waals surface area (Å²) in [6, 6.07) is 19.5. The zero-order chi connectivity index (χ0) is 23.6. The third-order valence-electron chi connectivity index (χ3n) is 5.27. The molecule has 1 heterocycles. The van der Waals surface area contributed by atoms with Gasteiger partial charge < -0.3 is 0 Å². The van der Waals surface area contributed by atoms with E-state index in [2.05, 4.69) is 9.71 Å². The number of fused-ring (bicyclic) bond motifs is 1. The number of para-hydroxylation sites is 1. The van der Waals surface area contributed by atoms with Crippen molar-refractivity contribution in [2.75, 3.05) is 6.54 Å². The summed E-state index contributed by atoms with van der Waals surface area (Å²) < 4.78 is 67.9. The quantitative estimate of drug-likeness (QED) is 0.361. The van der Waals surface area contributed by atoms with Gasteiger partial charge in [0.2, 0.25) is 10.0 Å². The highest BCUT2D eigenvalue weighted by Crippen LogP contribution is 2.37. The maximum Gasteiger partial charge on any atom is 0.418 e. The van der Waals surface area contributed by atoms with Crippen molar-refractivity contribution < 1.29 is 21.6 Å². The molecular weight excluding hydrogens is 449 g/mol. The molecule has 170 valence electrons. The normalized spacial score (nSPS) is 12.2. The van der Waals surface area contributed by atoms with Gasteiger partial charge in [-0.25, -0.2) is 13.1 Å². The molecule has 0 amide bonds. The monoisotopic (exact) mass is 470 g/mol. The largest absolute Gasteiger partial charge is 0.418 e. The van der Waals surface area contributed by atoms with Crippen molar-refractivity contribution in [1.82, 2.24) is 9.71 Å². The molecule has 0 radical (unpaired) electrons. The Labute approximate surface area is 190 Å². The molecule has 0 unspecified atom stereocenters. The molecule has 0 aliphatic rings. The summed E-state index contributed by atoms with van der Waals surface area (Å²) in [6.07, 6.45) is -2.46. The van der Waals surface area contributed by atoms with Crippen molar-refractivity contribution in [3.63, 3.8) is 0 Å². The van der Waals surface area contributed by atoms with Crippen LogP contribution in [0.25, 0.3) is 33.2 Å². The van der Waals surface area contributed by atoms with Gasteiger partial charge in [-0.1, -0.05) is 49.4 Å². The molecule has 1 aromatic heterocycles. The van der Waals surface area contributed by atoms with Crippen molar-refractivity contribution in [3.8, 4) is 22.3 Å². The summed E-state index contributed by atoms with van der Waals surface area (Å²) in [5.74, 6) is 0. The van der Waals surface area contributed by atoms with E-state index in [-0.39, 0.29) is 10.4 Å². The second-order valence-electron chi connectivity index (χ2n) is 7.56. The first kappa shape index (κ1) is 22.9. The van der Waals surface area contributed by atoms with Crippen LogP contribution < -0.4 is 4.72 Å². The molecule has 8 heteroatoms. The van der Waals surface area contributed by atoms with Gasteiger partial charge in [0.25, 0.3) is 0 Å². The van der Waals surface area contributed by atoms with Gasteiger partial charge in [0, 0.05) is 18.1 Å². The van der Waals surface area contributed by atoms with E-state index in [1.54, 1.807) is 36.4 Å². The second-order valence-corrected chi connectivity index (χ2v) is 9.33. The van der Waals surface area contributed by atoms with Crippen LogP contribution in [0.2, 0.25) is 0 Å². The SMILES string of the molecule is CCCNS(=O)(=O)c1cccc(-c2cccc(-c3ccnc4c(C(F)(F)F)cccc34)c2)c1. The molecule has 3 aromatic carbocycles. The molecular formula is C25H21F3N2O2S. The number of nitrogens with one attached hydrogen (secondary N) is 1. The Morgan fingerprint density at radius 2 is 1.55 bits per heavy atom. The number of aromatic nitrogens is 1. The molecule has 0 aliphatic carbocycles. The van der Waals surface area contributed by atoms with Crippen LogP contribution in [0.1, 0.15) is 18.9 Å². The molecule has 4 nitrogen and oxygen atoms in total. The van der Waals surface area contributed by atoms with E-state index in [1.807, 2.05) is 25.1 Å². The van der Waals surface area contributed by atoms with Crippen LogP contribution in [0.5, 0.6) is 0 Å². The first-order valence-corrected chi connectivity index (χ1v) is 11.8. The molecule has 0 bridgehead atoms. The average molecular weight is 471 g/mol. The Hall–Kier alpha value is -3.23. The minimum Gasteiger partial charge on any atom is -0.256 e. The minimum absolute atomic E-state index is 0.108. The van der Waals surface area contributed by atoms with Crippen LogP contribution in [0.4, 0.5) is 13.2 Å². The fourth-order valence-corrected chi connectivity index (χ4v) is 4.86. The van der Waals surface area contributed by atoms with Gasteiger partial charge in [-0.2, -0.15) is 13.2 Å². The molecule has 0 fully saturated rings. The van der Waals surface area contributed by atoms with E-state index in [0.29, 0.717) is 35.0 Å². The topological polar surface area (TPSA) is 59.1 Å². The summed E-state index contributed by atoms with van der Waals surface area (Å²) in [5, 5.41) is 0.393. The second kappa shape index (κ2) is 8.96. The first-order chi connectivity index (χ1) is 15.7.